The number of ether oxygens (including phenoxy) is 1. The third-order valence-corrected chi connectivity index (χ3v) is 2.77. The molecule has 3 rings (SSSR count). The Bertz CT molecular complexity index is 675. The lowest BCUT2D eigenvalue weighted by Crippen LogP contribution is -2.05. The summed E-state index contributed by atoms with van der Waals surface area (Å²) in [7, 11) is 0. The first-order chi connectivity index (χ1) is 9.88. The first kappa shape index (κ1) is 12.2. The highest BCUT2D eigenvalue weighted by molar-refractivity contribution is 5.62. The molecule has 1 aromatic carbocycles. The van der Waals surface area contributed by atoms with Gasteiger partial charge in [0, 0.05) is 6.07 Å². The lowest BCUT2D eigenvalue weighted by atomic mass is 10.2. The van der Waals surface area contributed by atoms with Crippen molar-refractivity contribution >= 4 is 0 Å². The van der Waals surface area contributed by atoms with E-state index < -0.39 is 6.10 Å². The van der Waals surface area contributed by atoms with Crippen molar-refractivity contribution in [2.75, 3.05) is 0 Å². The molecule has 0 N–H and O–H groups in total. The summed E-state index contributed by atoms with van der Waals surface area (Å²) in [6, 6.07) is 9.23. The van der Waals surface area contributed by atoms with Crippen molar-refractivity contribution in [1.82, 2.24) is 10.1 Å². The van der Waals surface area contributed by atoms with Crippen molar-refractivity contribution in [3.63, 3.8) is 0 Å². The Morgan fingerprint density at radius 1 is 1.20 bits per heavy atom. The molecule has 100 valence electrons. The fourth-order valence-corrected chi connectivity index (χ4v) is 1.84. The molecule has 0 saturated heterocycles. The van der Waals surface area contributed by atoms with Crippen molar-refractivity contribution in [3.8, 4) is 17.2 Å². The molecule has 5 heteroatoms. The quantitative estimate of drug-likeness (QED) is 0.661. The van der Waals surface area contributed by atoms with Crippen LogP contribution in [0.1, 0.15) is 11.8 Å². The molecule has 20 heavy (non-hydrogen) atoms. The molecule has 3 aromatic rings. The number of para-hydroxylation sites is 1. The highest BCUT2D eigenvalue weighted by Gasteiger charge is 2.16. The number of benzene rings is 1. The molecule has 2 aromatic heterocycles. The van der Waals surface area contributed by atoms with E-state index in [2.05, 4.69) is 16.7 Å². The normalized spacial score (nSPS) is 12.0. The van der Waals surface area contributed by atoms with Crippen molar-refractivity contribution in [1.29, 1.82) is 0 Å². The van der Waals surface area contributed by atoms with E-state index >= 15 is 0 Å². The van der Waals surface area contributed by atoms with Gasteiger partial charge in [-0.25, -0.2) is 4.98 Å². The van der Waals surface area contributed by atoms with Gasteiger partial charge in [-0.3, -0.25) is 0 Å². The number of rotatable bonds is 5. The predicted molar refractivity (Wildman–Crippen MR) is 72.0 cm³/mol. The van der Waals surface area contributed by atoms with Gasteiger partial charge in [0.1, 0.15) is 24.0 Å². The molecule has 0 aliphatic rings. The van der Waals surface area contributed by atoms with E-state index in [-0.39, 0.29) is 0 Å². The second kappa shape index (κ2) is 5.44. The summed E-state index contributed by atoms with van der Waals surface area (Å²) in [6.45, 7) is 3.76. The zero-order chi connectivity index (χ0) is 13.8. The molecule has 5 nitrogen and oxygen atoms in total. The minimum Gasteiger partial charge on any atom is -0.479 e. The largest absolute Gasteiger partial charge is 0.479 e. The fraction of sp³-hybridized carbons (Fsp3) is 0.0667. The zero-order valence-corrected chi connectivity index (χ0v) is 10.6. The van der Waals surface area contributed by atoms with Gasteiger partial charge in [0.15, 0.2) is 6.10 Å². The van der Waals surface area contributed by atoms with Gasteiger partial charge in [0.2, 0.25) is 5.89 Å². The molecule has 0 aliphatic heterocycles. The van der Waals surface area contributed by atoms with Crippen molar-refractivity contribution in [2.24, 2.45) is 0 Å². The average molecular weight is 268 g/mol. The van der Waals surface area contributed by atoms with Crippen LogP contribution in [0.25, 0.3) is 11.5 Å². The minimum atomic E-state index is -0.398. The van der Waals surface area contributed by atoms with Crippen LogP contribution in [-0.2, 0) is 0 Å². The molecule has 1 unspecified atom stereocenters. The Balaban J connectivity index is 1.93. The van der Waals surface area contributed by atoms with Crippen LogP contribution >= 0.6 is 0 Å². The number of oxazole rings is 1. The number of hydrogen-bond acceptors (Lipinski definition) is 5. The smallest absolute Gasteiger partial charge is 0.229 e. The van der Waals surface area contributed by atoms with Crippen molar-refractivity contribution in [3.05, 3.63) is 67.4 Å². The van der Waals surface area contributed by atoms with Crippen molar-refractivity contribution in [2.45, 2.75) is 6.10 Å². The van der Waals surface area contributed by atoms with Gasteiger partial charge in [-0.2, -0.15) is 0 Å². The zero-order valence-electron chi connectivity index (χ0n) is 10.6. The van der Waals surface area contributed by atoms with Gasteiger partial charge in [0.05, 0.1) is 11.8 Å². The molecule has 1 atom stereocenters. The molecule has 0 saturated carbocycles. The second-order valence-corrected chi connectivity index (χ2v) is 4.03. The molecule has 0 amide bonds. The van der Waals surface area contributed by atoms with E-state index in [9.17, 15) is 0 Å². The van der Waals surface area contributed by atoms with Crippen LogP contribution in [0.5, 0.6) is 5.75 Å². The van der Waals surface area contributed by atoms with Crippen LogP contribution in [0.2, 0.25) is 0 Å². The summed E-state index contributed by atoms with van der Waals surface area (Å²) in [5.74, 6) is 1.14. The van der Waals surface area contributed by atoms with Gasteiger partial charge in [0.25, 0.3) is 0 Å². The number of nitrogens with zero attached hydrogens (tertiary/aromatic N) is 2. The van der Waals surface area contributed by atoms with Crippen molar-refractivity contribution < 1.29 is 13.7 Å². The van der Waals surface area contributed by atoms with Gasteiger partial charge < -0.3 is 13.7 Å². The molecule has 0 radical (unpaired) electrons. The summed E-state index contributed by atoms with van der Waals surface area (Å²) in [6.07, 6.45) is 5.87. The average Bonchev–Trinajstić information content (AvgIpc) is 3.18. The topological polar surface area (TPSA) is 61.3 Å². The third-order valence-electron chi connectivity index (χ3n) is 2.77. The summed E-state index contributed by atoms with van der Waals surface area (Å²) >= 11 is 0. The Hall–Kier alpha value is -2.82. The summed E-state index contributed by atoms with van der Waals surface area (Å²) in [5.41, 5.74) is 1.43. The molecule has 0 spiro atoms. The summed E-state index contributed by atoms with van der Waals surface area (Å²) in [4.78, 5) is 4.14. The second-order valence-electron chi connectivity index (χ2n) is 4.03. The number of aromatic nitrogens is 2. The van der Waals surface area contributed by atoms with Crippen LogP contribution in [0.3, 0.4) is 0 Å². The van der Waals surface area contributed by atoms with E-state index in [1.54, 1.807) is 18.3 Å². The van der Waals surface area contributed by atoms with E-state index in [0.717, 1.165) is 5.56 Å². The fourth-order valence-electron chi connectivity index (χ4n) is 1.84. The van der Waals surface area contributed by atoms with E-state index in [4.69, 9.17) is 13.7 Å². The van der Waals surface area contributed by atoms with Crippen LogP contribution in [0.4, 0.5) is 0 Å². The Labute approximate surface area is 115 Å². The predicted octanol–water partition coefficient (Wildman–Crippen LogP) is 3.64. The summed E-state index contributed by atoms with van der Waals surface area (Å²) < 4.78 is 16.1. The number of hydrogen-bond donors (Lipinski definition) is 0. The molecule has 0 aliphatic carbocycles. The first-order valence-electron chi connectivity index (χ1n) is 6.07. The van der Waals surface area contributed by atoms with Gasteiger partial charge in [-0.15, -0.1) is 0 Å². The van der Waals surface area contributed by atoms with Crippen LogP contribution in [-0.4, -0.2) is 10.1 Å². The SMILES string of the molecule is C=CC(Oc1ccccc1-c1ncco1)c1ccon1. The lowest BCUT2D eigenvalue weighted by Gasteiger charge is -2.14. The van der Waals surface area contributed by atoms with E-state index in [1.165, 1.54) is 12.5 Å². The maximum Gasteiger partial charge on any atom is 0.229 e. The maximum absolute atomic E-state index is 5.92. The summed E-state index contributed by atoms with van der Waals surface area (Å²) in [5, 5.41) is 3.87. The molecular weight excluding hydrogens is 256 g/mol. The van der Waals surface area contributed by atoms with E-state index in [0.29, 0.717) is 17.3 Å². The molecule has 2 heterocycles. The Morgan fingerprint density at radius 3 is 2.80 bits per heavy atom. The third kappa shape index (κ3) is 2.33. The highest BCUT2D eigenvalue weighted by Crippen LogP contribution is 2.32. The van der Waals surface area contributed by atoms with Crippen LogP contribution < -0.4 is 4.74 Å². The van der Waals surface area contributed by atoms with Gasteiger partial charge >= 0.3 is 0 Å². The van der Waals surface area contributed by atoms with Crippen LogP contribution in [0.15, 0.2) is 70.7 Å². The minimum absolute atomic E-state index is 0.398. The first-order valence-corrected chi connectivity index (χ1v) is 6.07. The standard InChI is InChI=1S/C15H12N2O3/c1-2-13(12-7-9-19-17-12)20-14-6-4-3-5-11(14)15-16-8-10-18-15/h2-10,13H,1H2. The Kier molecular flexibility index (Phi) is 3.33. The molecular formula is C15H12N2O3. The molecule has 0 bridgehead atoms. The maximum atomic E-state index is 5.92. The monoisotopic (exact) mass is 268 g/mol. The van der Waals surface area contributed by atoms with E-state index in [1.807, 2.05) is 24.3 Å². The lowest BCUT2D eigenvalue weighted by molar-refractivity contribution is 0.242. The Morgan fingerprint density at radius 2 is 2.10 bits per heavy atom. The molecule has 0 fully saturated rings. The van der Waals surface area contributed by atoms with Crippen LogP contribution in [0, 0.1) is 0 Å². The highest BCUT2D eigenvalue weighted by atomic mass is 16.5. The van der Waals surface area contributed by atoms with Gasteiger partial charge in [-0.1, -0.05) is 23.9 Å². The van der Waals surface area contributed by atoms with Gasteiger partial charge in [-0.05, 0) is 18.2 Å².